The van der Waals surface area contributed by atoms with E-state index in [1.54, 1.807) is 36.5 Å². The van der Waals surface area contributed by atoms with Crippen molar-refractivity contribution in [3.8, 4) is 11.5 Å². The van der Waals surface area contributed by atoms with Crippen molar-refractivity contribution >= 4 is 28.8 Å². The summed E-state index contributed by atoms with van der Waals surface area (Å²) in [6.45, 7) is 2.94. The number of aryl methyl sites for hydroxylation is 1. The molecule has 5 rings (SSSR count). The van der Waals surface area contributed by atoms with Gasteiger partial charge in [-0.3, -0.25) is 14.6 Å². The zero-order chi connectivity index (χ0) is 22.2. The maximum Gasteiger partial charge on any atom is 0.296 e. The number of carbonyl (C=O) groups is 2. The highest BCUT2D eigenvalue weighted by molar-refractivity contribution is 7.10. The van der Waals surface area contributed by atoms with Crippen LogP contribution in [0.2, 0.25) is 0 Å². The predicted molar refractivity (Wildman–Crippen MR) is 119 cm³/mol. The standard InChI is InChI=1S/C24H20N2O5S/c1-14-7-11-32-23(14)20-19(21(27)15-5-6-17-18(12-15)31-10-9-30-17)22(28)24(29)26(20)13-16-4-2-3-8-25-16/h2-8,11-12,20,27H,9-10,13H2,1H3/b21-19-. The smallest absolute Gasteiger partial charge is 0.296 e. The number of hydrogen-bond acceptors (Lipinski definition) is 7. The number of pyridine rings is 1. The summed E-state index contributed by atoms with van der Waals surface area (Å²) in [6.07, 6.45) is 1.65. The van der Waals surface area contributed by atoms with Crippen LogP contribution in [0, 0.1) is 6.92 Å². The van der Waals surface area contributed by atoms with Gasteiger partial charge in [0.25, 0.3) is 11.7 Å². The van der Waals surface area contributed by atoms with Gasteiger partial charge < -0.3 is 19.5 Å². The van der Waals surface area contributed by atoms with E-state index in [9.17, 15) is 14.7 Å². The van der Waals surface area contributed by atoms with Gasteiger partial charge in [0.05, 0.1) is 17.8 Å². The number of Topliss-reactive ketones (excluding diaryl/α,β-unsaturated/α-hetero) is 1. The molecular formula is C24H20N2O5S. The molecule has 1 unspecified atom stereocenters. The van der Waals surface area contributed by atoms with E-state index >= 15 is 0 Å². The Morgan fingerprint density at radius 1 is 1.16 bits per heavy atom. The molecule has 162 valence electrons. The van der Waals surface area contributed by atoms with Crippen LogP contribution in [0.15, 0.2) is 59.6 Å². The van der Waals surface area contributed by atoms with Gasteiger partial charge in [0.2, 0.25) is 0 Å². The molecule has 0 aliphatic carbocycles. The number of ether oxygens (including phenoxy) is 2. The lowest BCUT2D eigenvalue weighted by atomic mass is 9.98. The van der Waals surface area contributed by atoms with Crippen LogP contribution in [-0.4, -0.2) is 39.9 Å². The van der Waals surface area contributed by atoms with Gasteiger partial charge in [0, 0.05) is 16.6 Å². The number of aliphatic hydroxyl groups excluding tert-OH is 1. The third kappa shape index (κ3) is 3.42. The lowest BCUT2D eigenvalue weighted by Crippen LogP contribution is -2.29. The molecule has 2 aliphatic rings. The minimum atomic E-state index is -0.717. The molecule has 1 atom stereocenters. The van der Waals surface area contributed by atoms with Crippen molar-refractivity contribution in [2.45, 2.75) is 19.5 Å². The van der Waals surface area contributed by atoms with Gasteiger partial charge in [-0.25, -0.2) is 0 Å². The minimum absolute atomic E-state index is 0.0631. The number of amides is 1. The molecule has 8 heteroatoms. The molecule has 0 bridgehead atoms. The summed E-state index contributed by atoms with van der Waals surface area (Å²) in [6, 6.07) is 11.6. The van der Waals surface area contributed by atoms with E-state index < -0.39 is 17.7 Å². The van der Waals surface area contributed by atoms with Gasteiger partial charge in [-0.1, -0.05) is 6.07 Å². The summed E-state index contributed by atoms with van der Waals surface area (Å²) >= 11 is 1.45. The molecule has 3 aromatic rings. The first kappa shape index (κ1) is 20.3. The van der Waals surface area contributed by atoms with Crippen molar-refractivity contribution in [1.82, 2.24) is 9.88 Å². The first-order valence-electron chi connectivity index (χ1n) is 10.2. The van der Waals surface area contributed by atoms with Gasteiger partial charge in [-0.15, -0.1) is 11.3 Å². The number of thiophene rings is 1. The molecule has 1 aromatic carbocycles. The highest BCUT2D eigenvalue weighted by atomic mass is 32.1. The summed E-state index contributed by atoms with van der Waals surface area (Å²) in [4.78, 5) is 32.8. The van der Waals surface area contributed by atoms with Crippen LogP contribution in [0.4, 0.5) is 0 Å². The number of benzene rings is 1. The second-order valence-electron chi connectivity index (χ2n) is 7.57. The number of fused-ring (bicyclic) bond motifs is 1. The molecule has 4 heterocycles. The average molecular weight is 449 g/mol. The predicted octanol–water partition coefficient (Wildman–Crippen LogP) is 3.84. The average Bonchev–Trinajstić information content (AvgIpc) is 3.34. The van der Waals surface area contributed by atoms with Crippen LogP contribution in [0.25, 0.3) is 5.76 Å². The molecule has 0 saturated carbocycles. The minimum Gasteiger partial charge on any atom is -0.507 e. The molecular weight excluding hydrogens is 428 g/mol. The lowest BCUT2D eigenvalue weighted by molar-refractivity contribution is -0.140. The Morgan fingerprint density at radius 3 is 2.69 bits per heavy atom. The van der Waals surface area contributed by atoms with E-state index in [2.05, 4.69) is 4.98 Å². The Kier molecular flexibility index (Phi) is 5.14. The molecule has 1 saturated heterocycles. The number of hydrogen-bond donors (Lipinski definition) is 1. The van der Waals surface area contributed by atoms with E-state index in [-0.39, 0.29) is 17.9 Å². The number of likely N-dealkylation sites (tertiary alicyclic amines) is 1. The summed E-state index contributed by atoms with van der Waals surface area (Å²) in [5.41, 5.74) is 2.06. The zero-order valence-electron chi connectivity index (χ0n) is 17.3. The van der Waals surface area contributed by atoms with Crippen LogP contribution in [0.3, 0.4) is 0 Å². The van der Waals surface area contributed by atoms with Crippen LogP contribution >= 0.6 is 11.3 Å². The molecule has 7 nitrogen and oxygen atoms in total. The first-order valence-corrected chi connectivity index (χ1v) is 11.0. The summed E-state index contributed by atoms with van der Waals surface area (Å²) < 4.78 is 11.2. The molecule has 2 aromatic heterocycles. The number of ketones is 1. The number of aliphatic hydroxyl groups is 1. The van der Waals surface area contributed by atoms with Crippen LogP contribution < -0.4 is 9.47 Å². The van der Waals surface area contributed by atoms with Crippen LogP contribution in [-0.2, 0) is 16.1 Å². The Labute approximate surface area is 188 Å². The molecule has 0 radical (unpaired) electrons. The summed E-state index contributed by atoms with van der Waals surface area (Å²) in [7, 11) is 0. The van der Waals surface area contributed by atoms with E-state index in [1.807, 2.05) is 24.4 Å². The highest BCUT2D eigenvalue weighted by Gasteiger charge is 2.47. The second kappa shape index (κ2) is 8.12. The molecule has 1 fully saturated rings. The number of nitrogens with zero attached hydrogens (tertiary/aromatic N) is 2. The molecule has 1 N–H and O–H groups in total. The number of rotatable bonds is 4. The first-order chi connectivity index (χ1) is 15.5. The third-order valence-electron chi connectivity index (χ3n) is 5.56. The van der Waals surface area contributed by atoms with Crippen molar-refractivity contribution in [2.75, 3.05) is 13.2 Å². The van der Waals surface area contributed by atoms with Crippen LogP contribution in [0.5, 0.6) is 11.5 Å². The largest absolute Gasteiger partial charge is 0.507 e. The van der Waals surface area contributed by atoms with Gasteiger partial charge in [0.15, 0.2) is 11.5 Å². The zero-order valence-corrected chi connectivity index (χ0v) is 18.1. The summed E-state index contributed by atoms with van der Waals surface area (Å²) in [5, 5.41) is 13.1. The second-order valence-corrected chi connectivity index (χ2v) is 8.52. The van der Waals surface area contributed by atoms with Gasteiger partial charge >= 0.3 is 0 Å². The van der Waals surface area contributed by atoms with Crippen molar-refractivity contribution in [3.63, 3.8) is 0 Å². The fourth-order valence-electron chi connectivity index (χ4n) is 3.99. The Morgan fingerprint density at radius 2 is 1.97 bits per heavy atom. The van der Waals surface area contributed by atoms with E-state index in [4.69, 9.17) is 9.47 Å². The van der Waals surface area contributed by atoms with E-state index in [1.165, 1.54) is 16.2 Å². The van der Waals surface area contributed by atoms with Gasteiger partial charge in [-0.05, 0) is 54.3 Å². The fourth-order valence-corrected chi connectivity index (χ4v) is 5.04. The quantitative estimate of drug-likeness (QED) is 0.371. The van der Waals surface area contributed by atoms with Crippen molar-refractivity contribution in [2.24, 2.45) is 0 Å². The SMILES string of the molecule is Cc1ccsc1C1/C(=C(/O)c2ccc3c(c2)OCCO3)C(=O)C(=O)N1Cc1ccccn1. The summed E-state index contributed by atoms with van der Waals surface area (Å²) in [5.74, 6) is -0.541. The third-order valence-corrected chi connectivity index (χ3v) is 6.64. The molecule has 0 spiro atoms. The topological polar surface area (TPSA) is 89.0 Å². The number of carbonyl (C=O) groups excluding carboxylic acids is 2. The Bertz CT molecular complexity index is 1230. The monoisotopic (exact) mass is 448 g/mol. The lowest BCUT2D eigenvalue weighted by Gasteiger charge is -2.24. The van der Waals surface area contributed by atoms with Crippen molar-refractivity contribution in [3.05, 3.63) is 81.3 Å². The molecule has 32 heavy (non-hydrogen) atoms. The van der Waals surface area contributed by atoms with Gasteiger partial charge in [-0.2, -0.15) is 0 Å². The van der Waals surface area contributed by atoms with Crippen molar-refractivity contribution < 1.29 is 24.2 Å². The maximum atomic E-state index is 13.1. The molecule has 1 amide bonds. The van der Waals surface area contributed by atoms with Crippen molar-refractivity contribution in [1.29, 1.82) is 0 Å². The number of aromatic nitrogens is 1. The maximum absolute atomic E-state index is 13.1. The normalized spacial score (nSPS) is 19.4. The Hall–Kier alpha value is -3.65. The van der Waals surface area contributed by atoms with Crippen LogP contribution in [0.1, 0.15) is 27.7 Å². The fraction of sp³-hybridized carbons (Fsp3) is 0.208. The van der Waals surface area contributed by atoms with E-state index in [0.717, 1.165) is 10.4 Å². The van der Waals surface area contributed by atoms with E-state index in [0.29, 0.717) is 36.0 Å². The Balaban J connectivity index is 1.63. The molecule has 2 aliphatic heterocycles. The van der Waals surface area contributed by atoms with Gasteiger partial charge in [0.1, 0.15) is 25.0 Å². The highest BCUT2D eigenvalue weighted by Crippen LogP contribution is 2.44.